The van der Waals surface area contributed by atoms with Crippen LogP contribution in [0.25, 0.3) is 0 Å². The molecule has 2 aromatic carbocycles. The summed E-state index contributed by atoms with van der Waals surface area (Å²) in [6, 6.07) is 16.7. The summed E-state index contributed by atoms with van der Waals surface area (Å²) < 4.78 is 5.24. The van der Waals surface area contributed by atoms with Gasteiger partial charge in [-0.1, -0.05) is 42.0 Å². The standard InChI is InChI=1S/C18H19N3O/c1-13-3-5-14(6-4-13)11-17(18-19-12-20-21-18)15-7-9-16(22-2)10-8-15/h3-10,12,17H,11H2,1-2H3,(H,19,20,21). The van der Waals surface area contributed by atoms with E-state index in [1.54, 1.807) is 13.4 Å². The lowest BCUT2D eigenvalue weighted by atomic mass is 9.91. The maximum absolute atomic E-state index is 5.24. The van der Waals surface area contributed by atoms with Crippen molar-refractivity contribution in [3.63, 3.8) is 0 Å². The average Bonchev–Trinajstić information content (AvgIpc) is 3.09. The molecule has 1 heterocycles. The van der Waals surface area contributed by atoms with Crippen LogP contribution in [-0.4, -0.2) is 22.3 Å². The number of nitrogens with one attached hydrogen (secondary N) is 1. The van der Waals surface area contributed by atoms with Crippen LogP contribution in [0.5, 0.6) is 5.75 Å². The number of aryl methyl sites for hydroxylation is 1. The van der Waals surface area contributed by atoms with E-state index in [0.29, 0.717) is 0 Å². The van der Waals surface area contributed by atoms with Crippen molar-refractivity contribution >= 4 is 0 Å². The van der Waals surface area contributed by atoms with E-state index in [2.05, 4.69) is 58.5 Å². The van der Waals surface area contributed by atoms with E-state index in [1.165, 1.54) is 16.7 Å². The number of rotatable bonds is 5. The minimum absolute atomic E-state index is 0.149. The summed E-state index contributed by atoms with van der Waals surface area (Å²) in [6.45, 7) is 2.10. The molecule has 0 saturated carbocycles. The van der Waals surface area contributed by atoms with Crippen molar-refractivity contribution in [2.45, 2.75) is 19.3 Å². The van der Waals surface area contributed by atoms with E-state index >= 15 is 0 Å². The maximum Gasteiger partial charge on any atom is 0.137 e. The number of hydrogen-bond donors (Lipinski definition) is 1. The first-order valence-electron chi connectivity index (χ1n) is 7.31. The molecule has 0 radical (unpaired) electrons. The molecule has 1 aromatic heterocycles. The monoisotopic (exact) mass is 293 g/mol. The van der Waals surface area contributed by atoms with Crippen LogP contribution in [0.15, 0.2) is 54.9 Å². The van der Waals surface area contributed by atoms with E-state index in [-0.39, 0.29) is 5.92 Å². The Bertz CT molecular complexity index is 703. The fraction of sp³-hybridized carbons (Fsp3) is 0.222. The number of H-pyrrole nitrogens is 1. The quantitative estimate of drug-likeness (QED) is 0.783. The molecule has 3 rings (SSSR count). The molecule has 0 saturated heterocycles. The zero-order valence-electron chi connectivity index (χ0n) is 12.8. The summed E-state index contributed by atoms with van der Waals surface area (Å²) in [5.41, 5.74) is 3.74. The SMILES string of the molecule is COc1ccc(C(Cc2ccc(C)cc2)c2ncn[nH]2)cc1. The molecule has 1 N–H and O–H groups in total. The van der Waals surface area contributed by atoms with Crippen molar-refractivity contribution in [2.24, 2.45) is 0 Å². The Labute approximate surface area is 130 Å². The molecule has 0 spiro atoms. The number of hydrogen-bond acceptors (Lipinski definition) is 3. The van der Waals surface area contributed by atoms with E-state index in [4.69, 9.17) is 4.74 Å². The molecule has 112 valence electrons. The molecule has 22 heavy (non-hydrogen) atoms. The molecule has 0 amide bonds. The number of aromatic nitrogens is 3. The number of nitrogens with zero attached hydrogens (tertiary/aromatic N) is 2. The molecule has 3 aromatic rings. The van der Waals surface area contributed by atoms with Gasteiger partial charge in [-0.25, -0.2) is 4.98 Å². The van der Waals surface area contributed by atoms with Gasteiger partial charge in [0.05, 0.1) is 7.11 Å². The summed E-state index contributed by atoms with van der Waals surface area (Å²) in [7, 11) is 1.68. The molecule has 0 fully saturated rings. The van der Waals surface area contributed by atoms with Crippen molar-refractivity contribution in [1.82, 2.24) is 15.2 Å². The number of benzene rings is 2. The second kappa shape index (κ2) is 6.43. The molecule has 4 heteroatoms. The van der Waals surface area contributed by atoms with Gasteiger partial charge >= 0.3 is 0 Å². The van der Waals surface area contributed by atoms with Gasteiger partial charge in [0.15, 0.2) is 0 Å². The van der Waals surface area contributed by atoms with Gasteiger partial charge in [0.2, 0.25) is 0 Å². The van der Waals surface area contributed by atoms with Gasteiger partial charge in [-0.15, -0.1) is 0 Å². The Hall–Kier alpha value is -2.62. The average molecular weight is 293 g/mol. The largest absolute Gasteiger partial charge is 0.497 e. The summed E-state index contributed by atoms with van der Waals surface area (Å²) in [6.07, 6.45) is 2.43. The summed E-state index contributed by atoms with van der Waals surface area (Å²) in [5.74, 6) is 1.89. The van der Waals surface area contributed by atoms with Crippen LogP contribution in [0, 0.1) is 6.92 Å². The third kappa shape index (κ3) is 3.17. The van der Waals surface area contributed by atoms with Crippen LogP contribution >= 0.6 is 0 Å². The highest BCUT2D eigenvalue weighted by molar-refractivity contribution is 5.34. The first kappa shape index (κ1) is 14.3. The van der Waals surface area contributed by atoms with Crippen molar-refractivity contribution in [2.75, 3.05) is 7.11 Å². The van der Waals surface area contributed by atoms with Gasteiger partial charge in [0.25, 0.3) is 0 Å². The lowest BCUT2D eigenvalue weighted by molar-refractivity contribution is 0.414. The Morgan fingerprint density at radius 2 is 1.77 bits per heavy atom. The Morgan fingerprint density at radius 3 is 2.36 bits per heavy atom. The van der Waals surface area contributed by atoms with Crippen molar-refractivity contribution in [1.29, 1.82) is 0 Å². The lowest BCUT2D eigenvalue weighted by Crippen LogP contribution is -2.07. The smallest absolute Gasteiger partial charge is 0.137 e. The van der Waals surface area contributed by atoms with Crippen molar-refractivity contribution in [3.05, 3.63) is 77.4 Å². The Balaban J connectivity index is 1.91. The summed E-state index contributed by atoms with van der Waals surface area (Å²) >= 11 is 0. The number of ether oxygens (including phenoxy) is 1. The van der Waals surface area contributed by atoms with Gasteiger partial charge in [-0.2, -0.15) is 5.10 Å². The van der Waals surface area contributed by atoms with Crippen LogP contribution in [0.1, 0.15) is 28.4 Å². The predicted octanol–water partition coefficient (Wildman–Crippen LogP) is 3.50. The fourth-order valence-electron chi connectivity index (χ4n) is 2.55. The molecule has 4 nitrogen and oxygen atoms in total. The van der Waals surface area contributed by atoms with Crippen LogP contribution in [0.3, 0.4) is 0 Å². The zero-order chi connectivity index (χ0) is 15.4. The van der Waals surface area contributed by atoms with Gasteiger partial charge in [0.1, 0.15) is 17.9 Å². The zero-order valence-corrected chi connectivity index (χ0v) is 12.8. The van der Waals surface area contributed by atoms with Crippen molar-refractivity contribution < 1.29 is 4.74 Å². The van der Waals surface area contributed by atoms with E-state index in [0.717, 1.165) is 18.0 Å². The lowest BCUT2D eigenvalue weighted by Gasteiger charge is -2.15. The Morgan fingerprint density at radius 1 is 1.05 bits per heavy atom. The second-order valence-electron chi connectivity index (χ2n) is 5.39. The Kier molecular flexibility index (Phi) is 4.19. The molecule has 1 atom stereocenters. The maximum atomic E-state index is 5.24. The minimum atomic E-state index is 0.149. The highest BCUT2D eigenvalue weighted by atomic mass is 16.5. The van der Waals surface area contributed by atoms with E-state index < -0.39 is 0 Å². The molecular weight excluding hydrogens is 274 g/mol. The van der Waals surface area contributed by atoms with Crippen molar-refractivity contribution in [3.8, 4) is 5.75 Å². The molecule has 0 aliphatic rings. The summed E-state index contributed by atoms with van der Waals surface area (Å²) in [5, 5.41) is 7.00. The van der Waals surface area contributed by atoms with Gasteiger partial charge < -0.3 is 4.74 Å². The highest BCUT2D eigenvalue weighted by Crippen LogP contribution is 2.27. The topological polar surface area (TPSA) is 50.8 Å². The summed E-state index contributed by atoms with van der Waals surface area (Å²) in [4.78, 5) is 4.35. The van der Waals surface area contributed by atoms with E-state index in [1.807, 2.05) is 12.1 Å². The first-order chi connectivity index (χ1) is 10.8. The highest BCUT2D eigenvalue weighted by Gasteiger charge is 2.18. The molecule has 0 aliphatic heterocycles. The van der Waals surface area contributed by atoms with Crippen LogP contribution in [0.4, 0.5) is 0 Å². The molecular formula is C18H19N3O. The van der Waals surface area contributed by atoms with Crippen LogP contribution in [0.2, 0.25) is 0 Å². The van der Waals surface area contributed by atoms with Crippen LogP contribution in [-0.2, 0) is 6.42 Å². The first-order valence-corrected chi connectivity index (χ1v) is 7.31. The van der Waals surface area contributed by atoms with Gasteiger partial charge in [0, 0.05) is 5.92 Å². The molecule has 0 bridgehead atoms. The second-order valence-corrected chi connectivity index (χ2v) is 5.39. The van der Waals surface area contributed by atoms with Gasteiger partial charge in [-0.3, -0.25) is 5.10 Å². The molecule has 0 aliphatic carbocycles. The third-order valence-corrected chi connectivity index (χ3v) is 3.84. The van der Waals surface area contributed by atoms with Gasteiger partial charge in [-0.05, 0) is 36.6 Å². The predicted molar refractivity (Wildman–Crippen MR) is 86.1 cm³/mol. The van der Waals surface area contributed by atoms with Crippen LogP contribution < -0.4 is 4.74 Å². The number of aromatic amines is 1. The molecule has 1 unspecified atom stereocenters. The minimum Gasteiger partial charge on any atom is -0.497 e. The third-order valence-electron chi connectivity index (χ3n) is 3.84. The fourth-order valence-corrected chi connectivity index (χ4v) is 2.55. The van der Waals surface area contributed by atoms with E-state index in [9.17, 15) is 0 Å². The normalized spacial score (nSPS) is 12.1. The number of methoxy groups -OCH3 is 1.